The van der Waals surface area contributed by atoms with E-state index in [9.17, 15) is 0 Å². The van der Waals surface area contributed by atoms with Crippen molar-refractivity contribution in [1.82, 2.24) is 15.1 Å². The fraction of sp³-hybridized carbons (Fsp3) is 0.316. The molecule has 4 rings (SSSR count). The molecule has 0 atom stereocenters. The number of aromatic nitrogens is 2. The van der Waals surface area contributed by atoms with Crippen LogP contribution in [0.2, 0.25) is 0 Å². The summed E-state index contributed by atoms with van der Waals surface area (Å²) in [4.78, 5) is 2.50. The highest BCUT2D eigenvalue weighted by Crippen LogP contribution is 2.32. The van der Waals surface area contributed by atoms with Crippen LogP contribution >= 0.6 is 0 Å². The lowest BCUT2D eigenvalue weighted by molar-refractivity contribution is 0.155. The van der Waals surface area contributed by atoms with Gasteiger partial charge in [-0.05, 0) is 36.1 Å². The van der Waals surface area contributed by atoms with Gasteiger partial charge in [-0.3, -0.25) is 10.00 Å². The Bertz CT molecular complexity index is 785. The molecule has 3 N–H and O–H groups in total. The van der Waals surface area contributed by atoms with Gasteiger partial charge in [-0.2, -0.15) is 5.10 Å². The number of aromatic amines is 1. The van der Waals surface area contributed by atoms with E-state index in [0.717, 1.165) is 43.4 Å². The van der Waals surface area contributed by atoms with Crippen LogP contribution in [0.3, 0.4) is 0 Å². The summed E-state index contributed by atoms with van der Waals surface area (Å²) < 4.78 is 0. The van der Waals surface area contributed by atoms with Gasteiger partial charge in [0.2, 0.25) is 0 Å². The Morgan fingerprint density at radius 1 is 1.09 bits per heavy atom. The molecular formula is C19H22N4. The smallest absolute Gasteiger partial charge is 0.0650 e. The molecule has 4 nitrogen and oxygen atoms in total. The molecule has 1 saturated heterocycles. The number of hydrogen-bond donors (Lipinski definition) is 2. The van der Waals surface area contributed by atoms with Crippen molar-refractivity contribution in [3.05, 3.63) is 65.9 Å². The van der Waals surface area contributed by atoms with Crippen LogP contribution in [0.5, 0.6) is 0 Å². The fourth-order valence-corrected chi connectivity index (χ4v) is 3.49. The van der Waals surface area contributed by atoms with E-state index in [0.29, 0.717) is 0 Å². The summed E-state index contributed by atoms with van der Waals surface area (Å²) in [6, 6.07) is 17.1. The average Bonchev–Trinajstić information content (AvgIpc) is 3.06. The maximum atomic E-state index is 6.74. The second-order valence-corrected chi connectivity index (χ2v) is 6.59. The van der Waals surface area contributed by atoms with Crippen molar-refractivity contribution in [2.24, 2.45) is 5.73 Å². The number of piperidine rings is 1. The van der Waals surface area contributed by atoms with Gasteiger partial charge < -0.3 is 5.73 Å². The summed E-state index contributed by atoms with van der Waals surface area (Å²) in [7, 11) is 0. The molecule has 0 spiro atoms. The summed E-state index contributed by atoms with van der Waals surface area (Å²) in [5, 5.41) is 8.23. The van der Waals surface area contributed by atoms with E-state index < -0.39 is 0 Å². The highest BCUT2D eigenvalue weighted by molar-refractivity contribution is 5.78. The topological polar surface area (TPSA) is 57.9 Å². The van der Waals surface area contributed by atoms with E-state index in [1.807, 2.05) is 6.20 Å². The lowest BCUT2D eigenvalue weighted by Crippen LogP contribution is -2.47. The molecule has 2 aromatic carbocycles. The van der Waals surface area contributed by atoms with Crippen molar-refractivity contribution in [2.45, 2.75) is 24.9 Å². The van der Waals surface area contributed by atoms with Crippen molar-refractivity contribution in [2.75, 3.05) is 13.1 Å². The van der Waals surface area contributed by atoms with Gasteiger partial charge in [-0.1, -0.05) is 36.4 Å². The second kappa shape index (κ2) is 5.80. The molecule has 0 aliphatic carbocycles. The van der Waals surface area contributed by atoms with Crippen molar-refractivity contribution in [1.29, 1.82) is 0 Å². The molecule has 0 radical (unpaired) electrons. The number of nitrogens with two attached hydrogens (primary N) is 1. The van der Waals surface area contributed by atoms with E-state index in [-0.39, 0.29) is 5.54 Å². The molecule has 23 heavy (non-hydrogen) atoms. The third-order valence-corrected chi connectivity index (χ3v) is 5.01. The molecule has 0 saturated carbocycles. The molecule has 1 fully saturated rings. The predicted octanol–water partition coefficient (Wildman–Crippen LogP) is 3.01. The molecule has 118 valence electrons. The van der Waals surface area contributed by atoms with Crippen molar-refractivity contribution < 1.29 is 0 Å². The molecule has 1 aliphatic rings. The minimum atomic E-state index is -0.224. The van der Waals surface area contributed by atoms with E-state index in [1.165, 1.54) is 11.1 Å². The second-order valence-electron chi connectivity index (χ2n) is 6.59. The van der Waals surface area contributed by atoms with Crippen molar-refractivity contribution in [3.63, 3.8) is 0 Å². The Balaban J connectivity index is 1.47. The largest absolute Gasteiger partial charge is 0.321 e. The maximum Gasteiger partial charge on any atom is 0.0650 e. The van der Waals surface area contributed by atoms with Crippen LogP contribution < -0.4 is 5.73 Å². The first-order chi connectivity index (χ1) is 11.2. The standard InChI is InChI=1S/C19H22N4/c20-19(17-6-7-18-16(12-17)13-21-22-18)8-10-23(11-9-19)14-15-4-2-1-3-5-15/h1-7,12-13H,8-11,14,20H2,(H,21,22). The van der Waals surface area contributed by atoms with E-state index in [1.54, 1.807) is 0 Å². The predicted molar refractivity (Wildman–Crippen MR) is 92.9 cm³/mol. The number of H-pyrrole nitrogens is 1. The highest BCUT2D eigenvalue weighted by Gasteiger charge is 2.32. The summed E-state index contributed by atoms with van der Waals surface area (Å²) in [6.07, 6.45) is 3.85. The first kappa shape index (κ1) is 14.4. The Morgan fingerprint density at radius 2 is 1.87 bits per heavy atom. The molecule has 3 aromatic rings. The molecular weight excluding hydrogens is 284 g/mol. The molecule has 1 aromatic heterocycles. The molecule has 2 heterocycles. The van der Waals surface area contributed by atoms with Crippen LogP contribution in [-0.4, -0.2) is 28.2 Å². The summed E-state index contributed by atoms with van der Waals surface area (Å²) in [5.41, 5.74) is 10.2. The van der Waals surface area contributed by atoms with Crippen LogP contribution in [0.1, 0.15) is 24.0 Å². The quantitative estimate of drug-likeness (QED) is 0.782. The van der Waals surface area contributed by atoms with Crippen LogP contribution in [0.4, 0.5) is 0 Å². The zero-order valence-electron chi connectivity index (χ0n) is 13.2. The van der Waals surface area contributed by atoms with E-state index in [4.69, 9.17) is 5.73 Å². The average molecular weight is 306 g/mol. The van der Waals surface area contributed by atoms with Gasteiger partial charge in [0.1, 0.15) is 0 Å². The fourth-order valence-electron chi connectivity index (χ4n) is 3.49. The monoisotopic (exact) mass is 306 g/mol. The zero-order chi connectivity index (χ0) is 15.7. The summed E-state index contributed by atoms with van der Waals surface area (Å²) in [5.74, 6) is 0. The number of fused-ring (bicyclic) bond motifs is 1. The minimum absolute atomic E-state index is 0.224. The van der Waals surface area contributed by atoms with Crippen LogP contribution in [-0.2, 0) is 12.1 Å². The number of nitrogens with one attached hydrogen (secondary N) is 1. The summed E-state index contributed by atoms with van der Waals surface area (Å²) >= 11 is 0. The van der Waals surface area contributed by atoms with Crippen LogP contribution in [0.15, 0.2) is 54.7 Å². The Kier molecular flexibility index (Phi) is 3.63. The molecule has 0 unspecified atom stereocenters. The van der Waals surface area contributed by atoms with Gasteiger partial charge in [0, 0.05) is 30.6 Å². The van der Waals surface area contributed by atoms with Gasteiger partial charge in [-0.15, -0.1) is 0 Å². The number of nitrogens with zero attached hydrogens (tertiary/aromatic N) is 2. The number of likely N-dealkylation sites (tertiary alicyclic amines) is 1. The number of benzene rings is 2. The lowest BCUT2D eigenvalue weighted by atomic mass is 9.81. The normalized spacial score (nSPS) is 18.3. The van der Waals surface area contributed by atoms with E-state index in [2.05, 4.69) is 63.6 Å². The van der Waals surface area contributed by atoms with Crippen molar-refractivity contribution >= 4 is 10.9 Å². The lowest BCUT2D eigenvalue weighted by Gasteiger charge is -2.39. The van der Waals surface area contributed by atoms with Gasteiger partial charge in [0.05, 0.1) is 11.7 Å². The van der Waals surface area contributed by atoms with Crippen LogP contribution in [0, 0.1) is 0 Å². The van der Waals surface area contributed by atoms with Gasteiger partial charge in [0.15, 0.2) is 0 Å². The Morgan fingerprint density at radius 3 is 2.65 bits per heavy atom. The Hall–Kier alpha value is -2.17. The number of hydrogen-bond acceptors (Lipinski definition) is 3. The van der Waals surface area contributed by atoms with E-state index >= 15 is 0 Å². The first-order valence-corrected chi connectivity index (χ1v) is 8.22. The van der Waals surface area contributed by atoms with Gasteiger partial charge in [0.25, 0.3) is 0 Å². The number of rotatable bonds is 3. The van der Waals surface area contributed by atoms with Gasteiger partial charge in [-0.25, -0.2) is 0 Å². The van der Waals surface area contributed by atoms with Crippen molar-refractivity contribution in [3.8, 4) is 0 Å². The molecule has 1 aliphatic heterocycles. The molecule has 0 amide bonds. The third kappa shape index (κ3) is 2.87. The highest BCUT2D eigenvalue weighted by atomic mass is 15.1. The first-order valence-electron chi connectivity index (χ1n) is 8.22. The minimum Gasteiger partial charge on any atom is -0.321 e. The van der Waals surface area contributed by atoms with Gasteiger partial charge >= 0.3 is 0 Å². The molecule has 4 heteroatoms. The summed E-state index contributed by atoms with van der Waals surface area (Å²) in [6.45, 7) is 3.08. The maximum absolute atomic E-state index is 6.74. The zero-order valence-corrected chi connectivity index (χ0v) is 13.2. The van der Waals surface area contributed by atoms with Crippen LogP contribution in [0.25, 0.3) is 10.9 Å². The Labute approximate surface area is 136 Å². The third-order valence-electron chi connectivity index (χ3n) is 5.01. The SMILES string of the molecule is NC1(c2ccc3[nH]ncc3c2)CCN(Cc2ccccc2)CC1. The molecule has 0 bridgehead atoms.